The van der Waals surface area contributed by atoms with Gasteiger partial charge in [-0.15, -0.1) is 11.8 Å². The molecule has 1 heterocycles. The van der Waals surface area contributed by atoms with Crippen LogP contribution in [0.2, 0.25) is 0 Å². The number of carboxylic acid groups (broad SMARTS) is 1. The van der Waals surface area contributed by atoms with Crippen LogP contribution in [0.5, 0.6) is 0 Å². The van der Waals surface area contributed by atoms with Crippen LogP contribution < -0.4 is 5.32 Å². The number of rotatable bonds is 7. The first-order chi connectivity index (χ1) is 8.78. The fraction of sp³-hybridized carbons (Fsp3) is 0.818. The summed E-state index contributed by atoms with van der Waals surface area (Å²) in [4.78, 5) is 22.0. The van der Waals surface area contributed by atoms with E-state index in [4.69, 9.17) is 5.11 Å². The highest BCUT2D eigenvalue weighted by Gasteiger charge is 2.28. The summed E-state index contributed by atoms with van der Waals surface area (Å²) in [5, 5.41) is 11.2. The molecular formula is C11H19NO5S2. The van der Waals surface area contributed by atoms with Crippen molar-refractivity contribution in [3.8, 4) is 0 Å². The van der Waals surface area contributed by atoms with Crippen molar-refractivity contribution in [2.45, 2.75) is 37.5 Å². The monoisotopic (exact) mass is 309 g/mol. The van der Waals surface area contributed by atoms with E-state index in [0.29, 0.717) is 12.8 Å². The van der Waals surface area contributed by atoms with Crippen LogP contribution in [0, 0.1) is 0 Å². The Morgan fingerprint density at radius 1 is 1.47 bits per heavy atom. The van der Waals surface area contributed by atoms with E-state index in [1.165, 1.54) is 11.8 Å². The largest absolute Gasteiger partial charge is 0.481 e. The van der Waals surface area contributed by atoms with Crippen LogP contribution in [0.3, 0.4) is 0 Å². The zero-order valence-electron chi connectivity index (χ0n) is 10.8. The minimum absolute atomic E-state index is 0.00470. The zero-order valence-corrected chi connectivity index (χ0v) is 12.4. The van der Waals surface area contributed by atoms with Gasteiger partial charge in [0.1, 0.15) is 0 Å². The van der Waals surface area contributed by atoms with Gasteiger partial charge in [0.05, 0.1) is 17.3 Å². The van der Waals surface area contributed by atoms with Gasteiger partial charge in [0, 0.05) is 17.7 Å². The molecule has 0 aliphatic carbocycles. The highest BCUT2D eigenvalue weighted by molar-refractivity contribution is 8.02. The third-order valence-corrected chi connectivity index (χ3v) is 6.12. The van der Waals surface area contributed by atoms with Gasteiger partial charge in [-0.1, -0.05) is 0 Å². The van der Waals surface area contributed by atoms with E-state index in [1.54, 1.807) is 6.92 Å². The van der Waals surface area contributed by atoms with Gasteiger partial charge in [-0.25, -0.2) is 8.42 Å². The van der Waals surface area contributed by atoms with Crippen LogP contribution in [0.4, 0.5) is 0 Å². The van der Waals surface area contributed by atoms with E-state index in [1.807, 2.05) is 0 Å². The second-order valence-corrected chi connectivity index (χ2v) is 8.25. The number of carboxylic acids is 1. The van der Waals surface area contributed by atoms with E-state index in [0.717, 1.165) is 0 Å². The average Bonchev–Trinajstić information content (AvgIpc) is 2.64. The normalized spacial score (nSPS) is 22.9. The lowest BCUT2D eigenvalue weighted by Gasteiger charge is -2.13. The lowest BCUT2D eigenvalue weighted by molar-refractivity contribution is -0.137. The van der Waals surface area contributed by atoms with Gasteiger partial charge in [0.25, 0.3) is 0 Å². The minimum Gasteiger partial charge on any atom is -0.481 e. The van der Waals surface area contributed by atoms with Crippen molar-refractivity contribution >= 4 is 33.5 Å². The molecule has 0 aromatic carbocycles. The molecule has 1 saturated heterocycles. The van der Waals surface area contributed by atoms with Crippen molar-refractivity contribution in [3.05, 3.63) is 0 Å². The number of hydrogen-bond donors (Lipinski definition) is 2. The number of carbonyl (C=O) groups excluding carboxylic acids is 1. The molecule has 2 atom stereocenters. The van der Waals surface area contributed by atoms with Crippen LogP contribution >= 0.6 is 11.8 Å². The summed E-state index contributed by atoms with van der Waals surface area (Å²) >= 11 is 1.35. The predicted octanol–water partition coefficient (Wildman–Crippen LogP) is 0.276. The molecule has 1 aliphatic heterocycles. The smallest absolute Gasteiger partial charge is 0.303 e. The van der Waals surface area contributed by atoms with E-state index >= 15 is 0 Å². The third kappa shape index (κ3) is 6.81. The zero-order chi connectivity index (χ0) is 14.5. The SMILES string of the molecule is CC(CCC(=O)O)NC(=O)CSC1CCS(=O)(=O)C1. The first-order valence-electron chi connectivity index (χ1n) is 6.11. The van der Waals surface area contributed by atoms with Crippen molar-refractivity contribution in [3.63, 3.8) is 0 Å². The van der Waals surface area contributed by atoms with Gasteiger partial charge in [-0.05, 0) is 19.8 Å². The third-order valence-electron chi connectivity index (χ3n) is 2.84. The first kappa shape index (κ1) is 16.3. The Morgan fingerprint density at radius 2 is 2.16 bits per heavy atom. The first-order valence-corrected chi connectivity index (χ1v) is 8.98. The van der Waals surface area contributed by atoms with Crippen LogP contribution in [0.25, 0.3) is 0 Å². The highest BCUT2D eigenvalue weighted by Crippen LogP contribution is 2.23. The van der Waals surface area contributed by atoms with E-state index in [2.05, 4.69) is 5.32 Å². The number of aliphatic carboxylic acids is 1. The Bertz CT molecular complexity index is 434. The van der Waals surface area contributed by atoms with Gasteiger partial charge < -0.3 is 10.4 Å². The van der Waals surface area contributed by atoms with Gasteiger partial charge in [-0.3, -0.25) is 9.59 Å². The molecule has 19 heavy (non-hydrogen) atoms. The van der Waals surface area contributed by atoms with Crippen LogP contribution in [-0.2, 0) is 19.4 Å². The Labute approximate surface area is 117 Å². The molecular weight excluding hydrogens is 290 g/mol. The lowest BCUT2D eigenvalue weighted by Crippen LogP contribution is -2.34. The molecule has 1 amide bonds. The van der Waals surface area contributed by atoms with E-state index in [9.17, 15) is 18.0 Å². The number of thioether (sulfide) groups is 1. The molecule has 0 radical (unpaired) electrons. The molecule has 0 saturated carbocycles. The standard InChI is InChI=1S/C11H19NO5S2/c1-8(2-3-11(14)15)12-10(13)6-18-9-4-5-19(16,17)7-9/h8-9H,2-7H2,1H3,(H,12,13)(H,14,15). The Morgan fingerprint density at radius 3 is 2.68 bits per heavy atom. The lowest BCUT2D eigenvalue weighted by atomic mass is 10.2. The summed E-state index contributed by atoms with van der Waals surface area (Å²) in [5.74, 6) is -0.475. The molecule has 0 bridgehead atoms. The van der Waals surface area contributed by atoms with Crippen molar-refractivity contribution in [2.75, 3.05) is 17.3 Å². The summed E-state index contributed by atoms with van der Waals surface area (Å²) in [6.07, 6.45) is 1.02. The van der Waals surface area contributed by atoms with E-state index in [-0.39, 0.29) is 40.9 Å². The molecule has 1 fully saturated rings. The molecule has 0 aromatic rings. The second-order valence-electron chi connectivity index (χ2n) is 4.74. The average molecular weight is 309 g/mol. The van der Waals surface area contributed by atoms with Crippen molar-refractivity contribution < 1.29 is 23.1 Å². The second kappa shape index (κ2) is 7.14. The maximum atomic E-state index is 11.6. The summed E-state index contributed by atoms with van der Waals surface area (Å²) in [5.41, 5.74) is 0. The molecule has 110 valence electrons. The molecule has 6 nitrogen and oxygen atoms in total. The minimum atomic E-state index is -2.90. The Balaban J connectivity index is 2.19. The number of nitrogens with one attached hydrogen (secondary N) is 1. The van der Waals surface area contributed by atoms with Crippen molar-refractivity contribution in [2.24, 2.45) is 0 Å². The molecule has 8 heteroatoms. The fourth-order valence-electron chi connectivity index (χ4n) is 1.81. The predicted molar refractivity (Wildman–Crippen MR) is 74.0 cm³/mol. The Kier molecular flexibility index (Phi) is 6.12. The topological polar surface area (TPSA) is 101 Å². The van der Waals surface area contributed by atoms with Crippen molar-refractivity contribution in [1.82, 2.24) is 5.32 Å². The van der Waals surface area contributed by atoms with Crippen LogP contribution in [-0.4, -0.2) is 54.0 Å². The summed E-state index contributed by atoms with van der Waals surface area (Å²) in [6.45, 7) is 1.76. The maximum absolute atomic E-state index is 11.6. The van der Waals surface area contributed by atoms with Gasteiger partial charge in [0.2, 0.25) is 5.91 Å². The molecule has 1 rings (SSSR count). The van der Waals surface area contributed by atoms with Crippen LogP contribution in [0.1, 0.15) is 26.2 Å². The summed E-state index contributed by atoms with van der Waals surface area (Å²) in [7, 11) is -2.90. The number of sulfone groups is 1. The van der Waals surface area contributed by atoms with Gasteiger partial charge >= 0.3 is 5.97 Å². The van der Waals surface area contributed by atoms with Gasteiger partial charge in [0.15, 0.2) is 9.84 Å². The molecule has 0 aromatic heterocycles. The summed E-state index contributed by atoms with van der Waals surface area (Å²) in [6, 6.07) is -0.184. The number of hydrogen-bond acceptors (Lipinski definition) is 5. The molecule has 2 N–H and O–H groups in total. The fourth-order valence-corrected chi connectivity index (χ4v) is 5.27. The number of amides is 1. The molecule has 2 unspecified atom stereocenters. The molecule has 1 aliphatic rings. The van der Waals surface area contributed by atoms with Crippen LogP contribution in [0.15, 0.2) is 0 Å². The quantitative estimate of drug-likeness (QED) is 0.700. The summed E-state index contributed by atoms with van der Waals surface area (Å²) < 4.78 is 22.5. The Hall–Kier alpha value is -0.760. The number of carbonyl (C=O) groups is 2. The molecule has 0 spiro atoms. The highest BCUT2D eigenvalue weighted by atomic mass is 32.2. The maximum Gasteiger partial charge on any atom is 0.303 e. The van der Waals surface area contributed by atoms with E-state index < -0.39 is 15.8 Å². The van der Waals surface area contributed by atoms with Crippen molar-refractivity contribution in [1.29, 1.82) is 0 Å². The van der Waals surface area contributed by atoms with Gasteiger partial charge in [-0.2, -0.15) is 0 Å².